The second-order valence-electron chi connectivity index (χ2n) is 28.5. The highest BCUT2D eigenvalue weighted by Gasteiger charge is 2.51. The molecule has 2 fully saturated rings. The zero-order chi connectivity index (χ0) is 67.3. The summed E-state index contributed by atoms with van der Waals surface area (Å²) < 4.78 is 22.9. The van der Waals surface area contributed by atoms with Crippen LogP contribution in [0.2, 0.25) is 0 Å². The van der Waals surface area contributed by atoms with E-state index in [0.29, 0.717) is 12.8 Å². The fraction of sp³-hybridized carbons (Fsp3) is 0.937. The number of unbranched alkanes of at least 4 members (excludes halogenated alkanes) is 53. The summed E-state index contributed by atoms with van der Waals surface area (Å²) in [7, 11) is 0. The first-order chi connectivity index (χ1) is 45.6. The highest BCUT2D eigenvalue weighted by Crippen LogP contribution is 2.30. The van der Waals surface area contributed by atoms with Gasteiger partial charge in [-0.25, -0.2) is 0 Å². The van der Waals surface area contributed by atoms with Crippen LogP contribution >= 0.6 is 0 Å². The van der Waals surface area contributed by atoms with Crippen molar-refractivity contribution in [1.29, 1.82) is 0 Å². The average Bonchev–Trinajstić information content (AvgIpc) is 0.852. The lowest BCUT2D eigenvalue weighted by Crippen LogP contribution is -2.65. The van der Waals surface area contributed by atoms with Crippen LogP contribution in [0.25, 0.3) is 0 Å². The number of aliphatic hydroxyl groups excluding tert-OH is 8. The first kappa shape index (κ1) is 87.6. The third-order valence-electron chi connectivity index (χ3n) is 19.9. The molecule has 1 amide bonds. The number of rotatable bonds is 68. The Balaban J connectivity index is 1.60. The van der Waals surface area contributed by atoms with E-state index >= 15 is 0 Å². The topological polar surface area (TPSA) is 228 Å². The molecule has 0 aromatic rings. The number of hydrogen-bond acceptors (Lipinski definition) is 13. The van der Waals surface area contributed by atoms with Gasteiger partial charge in [0.25, 0.3) is 0 Å². The zero-order valence-corrected chi connectivity index (χ0v) is 60.3. The molecule has 0 spiro atoms. The molecule has 2 aliphatic heterocycles. The Labute approximate surface area is 570 Å². The largest absolute Gasteiger partial charge is 0.394 e. The molecule has 93 heavy (non-hydrogen) atoms. The Hall–Kier alpha value is -1.53. The van der Waals surface area contributed by atoms with E-state index in [9.17, 15) is 45.6 Å². The predicted molar refractivity (Wildman–Crippen MR) is 383 cm³/mol. The van der Waals surface area contributed by atoms with Gasteiger partial charge < -0.3 is 65.1 Å². The van der Waals surface area contributed by atoms with Crippen LogP contribution in [-0.2, 0) is 23.7 Å². The molecule has 0 aromatic heterocycles. The Morgan fingerprint density at radius 3 is 1.05 bits per heavy atom. The number of allylic oxidation sites excluding steroid dienone is 3. The fourth-order valence-electron chi connectivity index (χ4n) is 13.6. The van der Waals surface area contributed by atoms with E-state index in [2.05, 4.69) is 31.3 Å². The smallest absolute Gasteiger partial charge is 0.220 e. The SMILES string of the molecule is CCCCCCCCCCCCCCCCCCC/C=C/CC/C=C/C(O)C(COC1OC(CO)C(OC2OC(CO)C(O)C(O)C2O)C(O)C1O)NC(=O)CCCCCCCCCCCCCCCCCCCCCCCCCCCCCCCCCCCCCC. The Morgan fingerprint density at radius 2 is 0.688 bits per heavy atom. The maximum Gasteiger partial charge on any atom is 0.220 e. The maximum atomic E-state index is 13.4. The molecule has 2 heterocycles. The Bertz CT molecular complexity index is 1650. The second-order valence-corrected chi connectivity index (χ2v) is 28.5. The zero-order valence-electron chi connectivity index (χ0n) is 60.3. The summed E-state index contributed by atoms with van der Waals surface area (Å²) in [6, 6.07) is -0.930. The molecule has 2 aliphatic rings. The molecule has 2 rings (SSSR count). The van der Waals surface area contributed by atoms with Gasteiger partial charge in [0.1, 0.15) is 48.8 Å². The van der Waals surface area contributed by atoms with E-state index in [1.807, 2.05) is 6.08 Å². The van der Waals surface area contributed by atoms with E-state index < -0.39 is 86.8 Å². The molecule has 0 radical (unpaired) electrons. The standard InChI is InChI=1S/C79H151NO13/c1-3-5-7-9-11-13-15-17-19-21-23-25-27-28-29-30-31-32-33-34-35-36-37-38-39-41-43-45-47-49-51-53-55-57-59-61-63-71(84)80-67(66-90-78-76(89)74(87)77(70(65-82)92-78)93-79-75(88)73(86)72(85)69(64-81)91-79)68(83)62-60-58-56-54-52-50-48-46-44-42-40-26-24-22-20-18-16-14-12-10-8-6-4-2/h52,54,60,62,67-70,72-79,81-83,85-89H,3-51,53,55-59,61,63-66H2,1-2H3,(H,80,84)/b54-52+,62-60+. The molecule has 2 saturated heterocycles. The summed E-state index contributed by atoms with van der Waals surface area (Å²) >= 11 is 0. The van der Waals surface area contributed by atoms with Crippen molar-refractivity contribution >= 4 is 5.91 Å². The van der Waals surface area contributed by atoms with Gasteiger partial charge in [0, 0.05) is 6.42 Å². The third kappa shape index (κ3) is 47.2. The summed E-state index contributed by atoms with van der Waals surface area (Å²) in [4.78, 5) is 13.4. The molecule has 14 heteroatoms. The first-order valence-corrected chi connectivity index (χ1v) is 40.1. The molecular formula is C79H151NO13. The minimum absolute atomic E-state index is 0.240. The van der Waals surface area contributed by atoms with Crippen molar-refractivity contribution in [3.8, 4) is 0 Å². The van der Waals surface area contributed by atoms with Gasteiger partial charge in [-0.2, -0.15) is 0 Å². The summed E-state index contributed by atoms with van der Waals surface area (Å²) in [5.41, 5.74) is 0. The minimum atomic E-state index is -1.79. The van der Waals surface area contributed by atoms with E-state index in [-0.39, 0.29) is 18.9 Å². The molecule has 12 unspecified atom stereocenters. The normalized spacial score (nSPS) is 22.6. The van der Waals surface area contributed by atoms with Crippen LogP contribution in [0.4, 0.5) is 0 Å². The van der Waals surface area contributed by atoms with Crippen LogP contribution < -0.4 is 5.32 Å². The van der Waals surface area contributed by atoms with Gasteiger partial charge >= 0.3 is 0 Å². The lowest BCUT2D eigenvalue weighted by atomic mass is 9.97. The highest BCUT2D eigenvalue weighted by molar-refractivity contribution is 5.76. The summed E-state index contributed by atoms with van der Waals surface area (Å²) in [5.74, 6) is -0.240. The van der Waals surface area contributed by atoms with Gasteiger partial charge in [-0.3, -0.25) is 4.79 Å². The highest BCUT2D eigenvalue weighted by atomic mass is 16.7. The Morgan fingerprint density at radius 1 is 0.376 bits per heavy atom. The van der Waals surface area contributed by atoms with Crippen LogP contribution in [0.1, 0.15) is 380 Å². The maximum absolute atomic E-state index is 13.4. The average molecular weight is 1320 g/mol. The van der Waals surface area contributed by atoms with E-state index in [1.165, 1.54) is 315 Å². The molecule has 12 atom stereocenters. The molecule has 0 bridgehead atoms. The number of aliphatic hydroxyl groups is 8. The third-order valence-corrected chi connectivity index (χ3v) is 19.9. The molecule has 14 nitrogen and oxygen atoms in total. The van der Waals surface area contributed by atoms with Crippen molar-refractivity contribution in [2.45, 2.75) is 453 Å². The van der Waals surface area contributed by atoms with Gasteiger partial charge in [-0.1, -0.05) is 366 Å². The van der Waals surface area contributed by atoms with Crippen LogP contribution in [0, 0.1) is 0 Å². The van der Waals surface area contributed by atoms with Crippen molar-refractivity contribution < 1.29 is 64.6 Å². The number of ether oxygens (including phenoxy) is 4. The molecule has 0 aromatic carbocycles. The number of carbonyl (C=O) groups is 1. The first-order valence-electron chi connectivity index (χ1n) is 40.1. The summed E-state index contributed by atoms with van der Waals surface area (Å²) in [6.45, 7) is 2.85. The minimum Gasteiger partial charge on any atom is -0.394 e. The van der Waals surface area contributed by atoms with Crippen LogP contribution in [0.15, 0.2) is 24.3 Å². The van der Waals surface area contributed by atoms with E-state index in [0.717, 1.165) is 32.1 Å². The predicted octanol–water partition coefficient (Wildman–Crippen LogP) is 17.9. The van der Waals surface area contributed by atoms with Crippen molar-refractivity contribution in [1.82, 2.24) is 5.32 Å². The van der Waals surface area contributed by atoms with E-state index in [4.69, 9.17) is 18.9 Å². The molecule has 9 N–H and O–H groups in total. The monoisotopic (exact) mass is 1320 g/mol. The second kappa shape index (κ2) is 63.9. The van der Waals surface area contributed by atoms with Gasteiger partial charge in [0.05, 0.1) is 32.0 Å². The van der Waals surface area contributed by atoms with Gasteiger partial charge in [0.2, 0.25) is 5.91 Å². The van der Waals surface area contributed by atoms with Crippen LogP contribution in [-0.4, -0.2) is 140 Å². The number of amides is 1. The van der Waals surface area contributed by atoms with Crippen molar-refractivity contribution in [2.75, 3.05) is 19.8 Å². The lowest BCUT2D eigenvalue weighted by Gasteiger charge is -2.46. The number of nitrogens with one attached hydrogen (secondary N) is 1. The number of carbonyl (C=O) groups excluding carboxylic acids is 1. The quantitative estimate of drug-likeness (QED) is 0.0204. The van der Waals surface area contributed by atoms with Gasteiger partial charge in [0.15, 0.2) is 12.6 Å². The van der Waals surface area contributed by atoms with Crippen LogP contribution in [0.3, 0.4) is 0 Å². The summed E-state index contributed by atoms with van der Waals surface area (Å²) in [5, 5.41) is 87.6. The Kier molecular flexibility index (Phi) is 60.1. The van der Waals surface area contributed by atoms with Gasteiger partial charge in [-0.15, -0.1) is 0 Å². The lowest BCUT2D eigenvalue weighted by molar-refractivity contribution is -0.359. The van der Waals surface area contributed by atoms with Crippen molar-refractivity contribution in [3.05, 3.63) is 24.3 Å². The summed E-state index contributed by atoms with van der Waals surface area (Å²) in [6.07, 6.45) is 65.6. The number of hydrogen-bond donors (Lipinski definition) is 9. The molecule has 550 valence electrons. The van der Waals surface area contributed by atoms with Crippen LogP contribution in [0.5, 0.6) is 0 Å². The van der Waals surface area contributed by atoms with Crippen molar-refractivity contribution in [3.63, 3.8) is 0 Å². The van der Waals surface area contributed by atoms with E-state index in [1.54, 1.807) is 6.08 Å². The molecule has 0 aliphatic carbocycles. The van der Waals surface area contributed by atoms with Crippen molar-refractivity contribution in [2.24, 2.45) is 0 Å². The molecular weight excluding hydrogens is 1170 g/mol. The van der Waals surface area contributed by atoms with Gasteiger partial charge in [-0.05, 0) is 32.1 Å². The fourth-order valence-corrected chi connectivity index (χ4v) is 13.6. The molecule has 0 saturated carbocycles.